The summed E-state index contributed by atoms with van der Waals surface area (Å²) in [6, 6.07) is 5.82. The third-order valence-electron chi connectivity index (χ3n) is 4.66. The predicted octanol–water partition coefficient (Wildman–Crippen LogP) is 3.42. The SMILES string of the molecule is CC1=CC(=N/N=C2\NC(=O)C(CC(=O)Nc3ccc(C(=O)O)cc3)S2)CC(C)(C)C1. The second-order valence-corrected chi connectivity index (χ2v) is 9.43. The summed E-state index contributed by atoms with van der Waals surface area (Å²) in [5.74, 6) is -1.67. The fourth-order valence-corrected chi connectivity index (χ4v) is 4.45. The van der Waals surface area contributed by atoms with E-state index >= 15 is 0 Å². The highest BCUT2D eigenvalue weighted by molar-refractivity contribution is 8.15. The van der Waals surface area contributed by atoms with Crippen LogP contribution in [0.4, 0.5) is 5.69 Å². The van der Waals surface area contributed by atoms with Gasteiger partial charge in [-0.25, -0.2) is 4.79 Å². The second-order valence-electron chi connectivity index (χ2n) is 8.24. The fourth-order valence-electron chi connectivity index (χ4n) is 3.53. The summed E-state index contributed by atoms with van der Waals surface area (Å²) in [4.78, 5) is 35.3. The highest BCUT2D eigenvalue weighted by Gasteiger charge is 2.32. The van der Waals surface area contributed by atoms with Gasteiger partial charge in [0.2, 0.25) is 11.8 Å². The number of benzene rings is 1. The van der Waals surface area contributed by atoms with E-state index in [4.69, 9.17) is 5.11 Å². The van der Waals surface area contributed by atoms with E-state index in [-0.39, 0.29) is 29.2 Å². The van der Waals surface area contributed by atoms with Crippen molar-refractivity contribution >= 4 is 46.1 Å². The fraction of sp³-hybridized carbons (Fsp3) is 0.381. The van der Waals surface area contributed by atoms with Crippen LogP contribution in [0.15, 0.2) is 46.1 Å². The summed E-state index contributed by atoms with van der Waals surface area (Å²) in [6.45, 7) is 6.43. The number of amidine groups is 1. The molecule has 2 aliphatic rings. The highest BCUT2D eigenvalue weighted by atomic mass is 32.2. The molecule has 1 aromatic carbocycles. The Morgan fingerprint density at radius 1 is 1.23 bits per heavy atom. The molecule has 1 aliphatic carbocycles. The molecule has 0 radical (unpaired) electrons. The van der Waals surface area contributed by atoms with E-state index < -0.39 is 11.2 Å². The number of nitrogens with zero attached hydrogens (tertiary/aromatic N) is 2. The van der Waals surface area contributed by atoms with Gasteiger partial charge in [0, 0.05) is 12.1 Å². The van der Waals surface area contributed by atoms with Crippen molar-refractivity contribution in [3.8, 4) is 0 Å². The average Bonchev–Trinajstić information content (AvgIpc) is 2.98. The maximum atomic E-state index is 12.3. The number of carboxylic acid groups (broad SMARTS) is 1. The first-order valence-electron chi connectivity index (χ1n) is 9.54. The first-order chi connectivity index (χ1) is 14.1. The van der Waals surface area contributed by atoms with E-state index in [0.29, 0.717) is 10.9 Å². The van der Waals surface area contributed by atoms with Crippen molar-refractivity contribution in [1.29, 1.82) is 0 Å². The van der Waals surface area contributed by atoms with Crippen molar-refractivity contribution in [3.05, 3.63) is 41.5 Å². The Labute approximate surface area is 178 Å². The lowest BCUT2D eigenvalue weighted by Gasteiger charge is -2.28. The van der Waals surface area contributed by atoms with Crippen molar-refractivity contribution in [2.24, 2.45) is 15.6 Å². The third-order valence-corrected chi connectivity index (χ3v) is 5.73. The number of carbonyl (C=O) groups is 3. The maximum Gasteiger partial charge on any atom is 0.335 e. The molecule has 0 bridgehead atoms. The van der Waals surface area contributed by atoms with Gasteiger partial charge >= 0.3 is 5.97 Å². The zero-order valence-corrected chi connectivity index (χ0v) is 17.9. The lowest BCUT2D eigenvalue weighted by Crippen LogP contribution is -2.28. The van der Waals surface area contributed by atoms with E-state index in [0.717, 1.165) is 18.6 Å². The summed E-state index contributed by atoms with van der Waals surface area (Å²) in [5, 5.41) is 22.5. The van der Waals surface area contributed by atoms with Gasteiger partial charge < -0.3 is 15.7 Å². The predicted molar refractivity (Wildman–Crippen MR) is 118 cm³/mol. The quantitative estimate of drug-likeness (QED) is 0.621. The molecule has 3 N–H and O–H groups in total. The molecule has 30 heavy (non-hydrogen) atoms. The van der Waals surface area contributed by atoms with Crippen molar-refractivity contribution < 1.29 is 19.5 Å². The summed E-state index contributed by atoms with van der Waals surface area (Å²) in [5.41, 5.74) is 2.85. The second kappa shape index (κ2) is 8.83. The molecule has 1 unspecified atom stereocenters. The van der Waals surface area contributed by atoms with Gasteiger partial charge in [-0.3, -0.25) is 9.59 Å². The molecule has 3 rings (SSSR count). The van der Waals surface area contributed by atoms with Crippen LogP contribution in [-0.4, -0.2) is 39.0 Å². The number of anilines is 1. The van der Waals surface area contributed by atoms with Gasteiger partial charge in [0.25, 0.3) is 0 Å². The number of carboxylic acids is 1. The Morgan fingerprint density at radius 3 is 2.57 bits per heavy atom. The van der Waals surface area contributed by atoms with Crippen molar-refractivity contribution in [2.45, 2.75) is 45.3 Å². The van der Waals surface area contributed by atoms with E-state index in [1.165, 1.54) is 41.6 Å². The van der Waals surface area contributed by atoms with E-state index in [2.05, 4.69) is 41.6 Å². The van der Waals surface area contributed by atoms with Crippen LogP contribution in [0.3, 0.4) is 0 Å². The Hall–Kier alpha value is -2.94. The Morgan fingerprint density at radius 2 is 1.93 bits per heavy atom. The Bertz CT molecular complexity index is 964. The number of amides is 2. The van der Waals surface area contributed by atoms with E-state index in [1.807, 2.05) is 6.08 Å². The number of rotatable bonds is 5. The monoisotopic (exact) mass is 428 g/mol. The number of hydrogen-bond donors (Lipinski definition) is 3. The van der Waals surface area contributed by atoms with E-state index in [1.54, 1.807) is 0 Å². The molecule has 1 aliphatic heterocycles. The van der Waals surface area contributed by atoms with Crippen LogP contribution in [0.2, 0.25) is 0 Å². The zero-order valence-electron chi connectivity index (χ0n) is 17.1. The number of allylic oxidation sites excluding steroid dienone is 2. The van der Waals surface area contributed by atoms with Crippen LogP contribution in [0, 0.1) is 5.41 Å². The van der Waals surface area contributed by atoms with Gasteiger partial charge in [0.1, 0.15) is 5.25 Å². The van der Waals surface area contributed by atoms with Crippen LogP contribution in [0.1, 0.15) is 50.4 Å². The van der Waals surface area contributed by atoms with Gasteiger partial charge in [-0.1, -0.05) is 31.2 Å². The number of carbonyl (C=O) groups excluding carboxylic acids is 2. The maximum absolute atomic E-state index is 12.3. The van der Waals surface area contributed by atoms with Crippen LogP contribution < -0.4 is 10.6 Å². The number of hydrogen-bond acceptors (Lipinski definition) is 6. The van der Waals surface area contributed by atoms with Crippen LogP contribution in [0.25, 0.3) is 0 Å². The Balaban J connectivity index is 1.58. The number of nitrogens with one attached hydrogen (secondary N) is 2. The minimum absolute atomic E-state index is 0.0290. The molecule has 1 fully saturated rings. The summed E-state index contributed by atoms with van der Waals surface area (Å²) in [7, 11) is 0. The van der Waals surface area contributed by atoms with Gasteiger partial charge in [-0.05, 0) is 55.5 Å². The molecule has 1 heterocycles. The molecule has 0 spiro atoms. The van der Waals surface area contributed by atoms with Crippen molar-refractivity contribution in [3.63, 3.8) is 0 Å². The number of aromatic carboxylic acids is 1. The molecule has 0 saturated carbocycles. The molecule has 2 amide bonds. The van der Waals surface area contributed by atoms with Crippen molar-refractivity contribution in [1.82, 2.24) is 5.32 Å². The summed E-state index contributed by atoms with van der Waals surface area (Å²) < 4.78 is 0. The smallest absolute Gasteiger partial charge is 0.335 e. The van der Waals surface area contributed by atoms with Crippen molar-refractivity contribution in [2.75, 3.05) is 5.32 Å². The number of thioether (sulfide) groups is 1. The standard InChI is InChI=1S/C21H24N4O4S/c1-12-8-15(11-21(2,3)10-12)24-25-20-23-18(27)16(30-20)9-17(26)22-14-6-4-13(5-7-14)19(28)29/h4-8,16H,9-11H2,1-3H3,(H,22,26)(H,28,29)(H,23,25,27). The molecule has 9 heteroatoms. The van der Waals surface area contributed by atoms with Gasteiger partial charge in [-0.2, -0.15) is 5.10 Å². The molecule has 1 atom stereocenters. The van der Waals surface area contributed by atoms with Gasteiger partial charge in [-0.15, -0.1) is 5.10 Å². The summed E-state index contributed by atoms with van der Waals surface area (Å²) >= 11 is 1.18. The van der Waals surface area contributed by atoms with Gasteiger partial charge in [0.15, 0.2) is 5.17 Å². The lowest BCUT2D eigenvalue weighted by molar-refractivity contribution is -0.122. The zero-order chi connectivity index (χ0) is 21.9. The lowest BCUT2D eigenvalue weighted by atomic mass is 9.77. The third kappa shape index (κ3) is 5.79. The molecule has 8 nitrogen and oxygen atoms in total. The molecular weight excluding hydrogens is 404 g/mol. The molecule has 1 saturated heterocycles. The minimum Gasteiger partial charge on any atom is -0.478 e. The topological polar surface area (TPSA) is 120 Å². The van der Waals surface area contributed by atoms with Crippen LogP contribution in [-0.2, 0) is 9.59 Å². The largest absolute Gasteiger partial charge is 0.478 e. The summed E-state index contributed by atoms with van der Waals surface area (Å²) in [6.07, 6.45) is 3.83. The highest BCUT2D eigenvalue weighted by Crippen LogP contribution is 2.34. The van der Waals surface area contributed by atoms with Gasteiger partial charge in [0.05, 0.1) is 11.3 Å². The molecular formula is C21H24N4O4S. The molecule has 0 aromatic heterocycles. The molecule has 1 aromatic rings. The first-order valence-corrected chi connectivity index (χ1v) is 10.4. The molecule has 158 valence electrons. The van der Waals surface area contributed by atoms with E-state index in [9.17, 15) is 14.4 Å². The normalized spacial score (nSPS) is 23.2. The average molecular weight is 429 g/mol. The van der Waals surface area contributed by atoms with Crippen LogP contribution >= 0.6 is 11.8 Å². The van der Waals surface area contributed by atoms with Crippen LogP contribution in [0.5, 0.6) is 0 Å². The first kappa shape index (κ1) is 21.8. The minimum atomic E-state index is -1.04. The Kier molecular flexibility index (Phi) is 6.40.